The summed E-state index contributed by atoms with van der Waals surface area (Å²) in [5, 5.41) is 8.42. The summed E-state index contributed by atoms with van der Waals surface area (Å²) in [6.07, 6.45) is 6.21. The van der Waals surface area contributed by atoms with E-state index in [1.54, 1.807) is 24.0 Å². The topological polar surface area (TPSA) is 99.1 Å². The molecular weight excluding hydrogens is 471 g/mol. The Morgan fingerprint density at radius 1 is 1.31 bits per heavy atom. The zero-order chi connectivity index (χ0) is 24.5. The summed E-state index contributed by atoms with van der Waals surface area (Å²) in [6.45, 7) is 3.26. The number of aryl methyl sites for hydroxylation is 1. The first-order valence-corrected chi connectivity index (χ1v) is 11.5. The molecule has 0 amide bonds. The van der Waals surface area contributed by atoms with Crippen LogP contribution in [0.4, 0.5) is 15.8 Å². The SMILES string of the molecule is COc1cc(C)c(-c2cc3c(N[C@H]4CCOC4)c(/C(N)=N/c4cc(F)ccc4Cl)cnn3c2)cn1. The number of ether oxygens (including phenoxy) is 2. The van der Waals surface area contributed by atoms with E-state index >= 15 is 0 Å². The molecule has 1 aliphatic rings. The summed E-state index contributed by atoms with van der Waals surface area (Å²) in [5.41, 5.74) is 11.7. The number of aromatic nitrogens is 3. The Morgan fingerprint density at radius 3 is 2.91 bits per heavy atom. The number of hydrogen-bond donors (Lipinski definition) is 2. The first-order chi connectivity index (χ1) is 16.9. The lowest BCUT2D eigenvalue weighted by Crippen LogP contribution is -2.24. The van der Waals surface area contributed by atoms with E-state index in [1.807, 2.05) is 25.3 Å². The number of methoxy groups -OCH3 is 1. The molecule has 5 rings (SSSR count). The molecule has 8 nitrogen and oxygen atoms in total. The first kappa shape index (κ1) is 23.1. The number of hydrogen-bond acceptors (Lipinski definition) is 6. The second-order valence-electron chi connectivity index (χ2n) is 8.33. The minimum atomic E-state index is -0.448. The number of halogens is 2. The van der Waals surface area contributed by atoms with Gasteiger partial charge in [0.25, 0.3) is 0 Å². The Labute approximate surface area is 206 Å². The van der Waals surface area contributed by atoms with Gasteiger partial charge in [0.05, 0.1) is 53.4 Å². The van der Waals surface area contributed by atoms with Crippen LogP contribution in [0, 0.1) is 12.7 Å². The van der Waals surface area contributed by atoms with Crippen molar-refractivity contribution in [3.63, 3.8) is 0 Å². The normalized spacial score (nSPS) is 16.1. The van der Waals surface area contributed by atoms with Gasteiger partial charge >= 0.3 is 0 Å². The molecule has 1 atom stereocenters. The molecule has 0 bridgehead atoms. The highest BCUT2D eigenvalue weighted by molar-refractivity contribution is 6.33. The molecule has 180 valence electrons. The van der Waals surface area contributed by atoms with Crippen LogP contribution in [0.1, 0.15) is 17.5 Å². The van der Waals surface area contributed by atoms with Gasteiger partial charge in [0.15, 0.2) is 0 Å². The Bertz CT molecular complexity index is 1430. The van der Waals surface area contributed by atoms with Gasteiger partial charge in [-0.3, -0.25) is 0 Å². The maximum atomic E-state index is 13.8. The van der Waals surface area contributed by atoms with Crippen molar-refractivity contribution < 1.29 is 13.9 Å². The zero-order valence-corrected chi connectivity index (χ0v) is 20.0. The minimum Gasteiger partial charge on any atom is -0.481 e. The Balaban J connectivity index is 1.63. The van der Waals surface area contributed by atoms with E-state index < -0.39 is 5.82 Å². The van der Waals surface area contributed by atoms with Crippen LogP contribution in [0.15, 0.2) is 53.9 Å². The number of nitrogens with two attached hydrogens (primary N) is 1. The molecule has 0 spiro atoms. The molecule has 0 saturated carbocycles. The summed E-state index contributed by atoms with van der Waals surface area (Å²) in [5.74, 6) is 0.272. The lowest BCUT2D eigenvalue weighted by atomic mass is 10.1. The zero-order valence-electron chi connectivity index (χ0n) is 19.3. The fourth-order valence-electron chi connectivity index (χ4n) is 4.11. The maximum absolute atomic E-state index is 13.8. The Hall–Kier alpha value is -3.69. The lowest BCUT2D eigenvalue weighted by Gasteiger charge is -2.17. The van der Waals surface area contributed by atoms with Gasteiger partial charge in [-0.1, -0.05) is 11.6 Å². The predicted molar refractivity (Wildman–Crippen MR) is 134 cm³/mol. The molecule has 4 aromatic rings. The molecule has 0 unspecified atom stereocenters. The molecule has 4 heterocycles. The van der Waals surface area contributed by atoms with E-state index in [2.05, 4.69) is 20.4 Å². The van der Waals surface area contributed by atoms with Crippen LogP contribution in [0.2, 0.25) is 5.02 Å². The number of pyridine rings is 1. The van der Waals surface area contributed by atoms with Crippen molar-refractivity contribution in [1.29, 1.82) is 0 Å². The predicted octanol–water partition coefficient (Wildman–Crippen LogP) is 4.74. The van der Waals surface area contributed by atoms with Crippen LogP contribution >= 0.6 is 11.6 Å². The van der Waals surface area contributed by atoms with Crippen LogP contribution < -0.4 is 15.8 Å². The standard InChI is InChI=1S/C25H24ClFN6O2/c1-14-7-23(34-2)29-10-18(14)15-8-22-24(31-17-5-6-35-13-17)19(11-30-33(22)12-15)25(28)32-21-9-16(27)3-4-20(21)26/h3-4,7-12,17,31H,5-6,13H2,1-2H3,(H2,28,32)/t17-/m0/s1. The van der Waals surface area contributed by atoms with Crippen molar-refractivity contribution in [2.24, 2.45) is 10.7 Å². The van der Waals surface area contributed by atoms with Crippen LogP contribution in [0.5, 0.6) is 5.88 Å². The summed E-state index contributed by atoms with van der Waals surface area (Å²) >= 11 is 6.21. The third kappa shape index (κ3) is 4.65. The molecule has 0 radical (unpaired) electrons. The van der Waals surface area contributed by atoms with Crippen LogP contribution in [-0.2, 0) is 4.74 Å². The summed E-state index contributed by atoms with van der Waals surface area (Å²) in [6, 6.07) is 7.98. The largest absolute Gasteiger partial charge is 0.481 e. The number of nitrogens with zero attached hydrogens (tertiary/aromatic N) is 4. The smallest absolute Gasteiger partial charge is 0.213 e. The van der Waals surface area contributed by atoms with Gasteiger partial charge < -0.3 is 20.5 Å². The molecule has 3 N–H and O–H groups in total. The van der Waals surface area contributed by atoms with E-state index in [0.29, 0.717) is 29.7 Å². The van der Waals surface area contributed by atoms with Crippen molar-refractivity contribution in [1.82, 2.24) is 14.6 Å². The fraction of sp³-hybridized carbons (Fsp3) is 0.240. The molecule has 1 aromatic carbocycles. The lowest BCUT2D eigenvalue weighted by molar-refractivity contribution is 0.195. The average Bonchev–Trinajstić information content (AvgIpc) is 3.51. The highest BCUT2D eigenvalue weighted by Crippen LogP contribution is 2.33. The van der Waals surface area contributed by atoms with Crippen molar-refractivity contribution in [2.45, 2.75) is 19.4 Å². The molecule has 35 heavy (non-hydrogen) atoms. The second kappa shape index (κ2) is 9.52. The van der Waals surface area contributed by atoms with Gasteiger partial charge in [-0.15, -0.1) is 0 Å². The molecule has 1 fully saturated rings. The van der Waals surface area contributed by atoms with E-state index in [4.69, 9.17) is 26.8 Å². The second-order valence-corrected chi connectivity index (χ2v) is 8.74. The molecule has 1 saturated heterocycles. The molecule has 1 aliphatic heterocycles. The highest BCUT2D eigenvalue weighted by Gasteiger charge is 2.21. The van der Waals surface area contributed by atoms with Crippen LogP contribution in [0.3, 0.4) is 0 Å². The van der Waals surface area contributed by atoms with Gasteiger partial charge in [-0.25, -0.2) is 18.9 Å². The van der Waals surface area contributed by atoms with Crippen molar-refractivity contribution in [3.05, 3.63) is 70.9 Å². The van der Waals surface area contributed by atoms with E-state index in [9.17, 15) is 4.39 Å². The molecular formula is C25H24ClFN6O2. The summed E-state index contributed by atoms with van der Waals surface area (Å²) in [4.78, 5) is 8.76. The number of amidine groups is 1. The summed E-state index contributed by atoms with van der Waals surface area (Å²) < 4.78 is 26.3. The first-order valence-electron chi connectivity index (χ1n) is 11.1. The number of anilines is 1. The number of nitrogens with one attached hydrogen (secondary N) is 1. The van der Waals surface area contributed by atoms with Crippen molar-refractivity contribution in [3.8, 4) is 17.0 Å². The fourth-order valence-corrected chi connectivity index (χ4v) is 4.27. The number of aliphatic imine (C=N–C) groups is 1. The number of benzene rings is 1. The van der Waals surface area contributed by atoms with Crippen molar-refractivity contribution in [2.75, 3.05) is 25.6 Å². The number of rotatable bonds is 6. The highest BCUT2D eigenvalue weighted by atomic mass is 35.5. The Kier molecular flexibility index (Phi) is 6.27. The minimum absolute atomic E-state index is 0.105. The van der Waals surface area contributed by atoms with Gasteiger partial charge in [-0.05, 0) is 37.1 Å². The molecule has 0 aliphatic carbocycles. The quantitative estimate of drug-likeness (QED) is 0.296. The van der Waals surface area contributed by atoms with Gasteiger partial charge in [0.2, 0.25) is 5.88 Å². The molecule has 10 heteroatoms. The molecule has 3 aromatic heterocycles. The third-order valence-corrected chi connectivity index (χ3v) is 6.27. The van der Waals surface area contributed by atoms with Crippen molar-refractivity contribution >= 4 is 34.3 Å². The Morgan fingerprint density at radius 2 is 2.17 bits per heavy atom. The van der Waals surface area contributed by atoms with E-state index in [1.165, 1.54) is 18.2 Å². The van der Waals surface area contributed by atoms with Crippen LogP contribution in [-0.4, -0.2) is 46.8 Å². The van der Waals surface area contributed by atoms with Crippen LogP contribution in [0.25, 0.3) is 16.6 Å². The average molecular weight is 495 g/mol. The monoisotopic (exact) mass is 494 g/mol. The maximum Gasteiger partial charge on any atom is 0.213 e. The third-order valence-electron chi connectivity index (χ3n) is 5.95. The van der Waals surface area contributed by atoms with Gasteiger partial charge in [0.1, 0.15) is 11.7 Å². The van der Waals surface area contributed by atoms with E-state index in [-0.39, 0.29) is 17.6 Å². The van der Waals surface area contributed by atoms with E-state index in [0.717, 1.165) is 34.3 Å². The summed E-state index contributed by atoms with van der Waals surface area (Å²) in [7, 11) is 1.59. The van der Waals surface area contributed by atoms with Gasteiger partial charge in [-0.2, -0.15) is 5.10 Å². The number of fused-ring (bicyclic) bond motifs is 1. The van der Waals surface area contributed by atoms with Gasteiger partial charge in [0, 0.05) is 42.3 Å².